The number of aromatic amines is 1. The number of aromatic nitrogens is 4. The lowest BCUT2D eigenvalue weighted by molar-refractivity contribution is 0.603. The summed E-state index contributed by atoms with van der Waals surface area (Å²) in [6, 6.07) is 18.7. The van der Waals surface area contributed by atoms with Gasteiger partial charge in [0, 0.05) is 19.6 Å². The third kappa shape index (κ3) is 3.67. The molecule has 0 saturated carbocycles. The molecule has 3 aromatic carbocycles. The molecular formula is C25H23N5O2. The van der Waals surface area contributed by atoms with Crippen LogP contribution in [0.15, 0.2) is 64.2 Å². The van der Waals surface area contributed by atoms with Gasteiger partial charge in [0.05, 0.1) is 11.0 Å². The Kier molecular flexibility index (Phi) is 5.03. The quantitative estimate of drug-likeness (QED) is 0.333. The van der Waals surface area contributed by atoms with E-state index in [1.165, 1.54) is 16.3 Å². The van der Waals surface area contributed by atoms with Gasteiger partial charge in [-0.2, -0.15) is 4.98 Å². The monoisotopic (exact) mass is 425 g/mol. The zero-order valence-electron chi connectivity index (χ0n) is 18.0. The molecule has 160 valence electrons. The van der Waals surface area contributed by atoms with Crippen molar-refractivity contribution in [2.24, 2.45) is 0 Å². The predicted octanol–water partition coefficient (Wildman–Crippen LogP) is 3.14. The number of aryl methyl sites for hydroxylation is 2. The number of fused-ring (bicyclic) bond motifs is 3. The van der Waals surface area contributed by atoms with E-state index in [9.17, 15) is 9.59 Å². The van der Waals surface area contributed by atoms with Crippen LogP contribution in [0.1, 0.15) is 16.7 Å². The van der Waals surface area contributed by atoms with E-state index in [-0.39, 0.29) is 5.69 Å². The summed E-state index contributed by atoms with van der Waals surface area (Å²) in [7, 11) is 0. The van der Waals surface area contributed by atoms with Gasteiger partial charge in [-0.3, -0.25) is 9.78 Å². The lowest BCUT2D eigenvalue weighted by atomic mass is 10.1. The van der Waals surface area contributed by atoms with Crippen molar-refractivity contribution in [3.63, 3.8) is 0 Å². The van der Waals surface area contributed by atoms with Crippen molar-refractivity contribution in [1.29, 1.82) is 0 Å². The summed E-state index contributed by atoms with van der Waals surface area (Å²) in [4.78, 5) is 35.1. The molecule has 0 spiro atoms. The van der Waals surface area contributed by atoms with Gasteiger partial charge in [0.15, 0.2) is 11.5 Å². The SMILES string of the molecule is Cc1cc2nc3c(=O)[nH]c(=O)nc-3n(CCNCc3ccc4ccccc4c3)c2cc1C. The van der Waals surface area contributed by atoms with E-state index in [1.807, 2.05) is 42.7 Å². The van der Waals surface area contributed by atoms with Gasteiger partial charge < -0.3 is 9.88 Å². The number of benzene rings is 3. The highest BCUT2D eigenvalue weighted by Crippen LogP contribution is 2.23. The molecule has 2 aliphatic rings. The van der Waals surface area contributed by atoms with E-state index in [2.05, 4.69) is 50.6 Å². The van der Waals surface area contributed by atoms with E-state index < -0.39 is 11.2 Å². The van der Waals surface area contributed by atoms with Gasteiger partial charge in [-0.25, -0.2) is 9.78 Å². The van der Waals surface area contributed by atoms with Gasteiger partial charge in [0.1, 0.15) is 0 Å². The Morgan fingerprint density at radius 2 is 1.72 bits per heavy atom. The van der Waals surface area contributed by atoms with E-state index in [0.29, 0.717) is 31.0 Å². The number of rotatable bonds is 5. The van der Waals surface area contributed by atoms with Crippen molar-refractivity contribution in [3.8, 4) is 11.5 Å². The van der Waals surface area contributed by atoms with Crippen LogP contribution in [-0.4, -0.2) is 26.1 Å². The van der Waals surface area contributed by atoms with Crippen LogP contribution in [0.5, 0.6) is 0 Å². The third-order valence-corrected chi connectivity index (χ3v) is 5.88. The van der Waals surface area contributed by atoms with E-state index in [1.54, 1.807) is 0 Å². The molecule has 2 heterocycles. The average Bonchev–Trinajstić information content (AvgIpc) is 2.77. The molecule has 0 aliphatic carbocycles. The molecule has 2 aliphatic heterocycles. The molecule has 0 aromatic heterocycles. The van der Waals surface area contributed by atoms with Crippen LogP contribution in [0.3, 0.4) is 0 Å². The number of nitrogens with one attached hydrogen (secondary N) is 2. The first-order chi connectivity index (χ1) is 15.5. The lowest BCUT2D eigenvalue weighted by Crippen LogP contribution is -2.30. The second kappa shape index (κ2) is 8.01. The fourth-order valence-corrected chi connectivity index (χ4v) is 4.05. The summed E-state index contributed by atoms with van der Waals surface area (Å²) in [5, 5.41) is 5.90. The van der Waals surface area contributed by atoms with Gasteiger partial charge in [0.2, 0.25) is 0 Å². The molecule has 7 heteroatoms. The van der Waals surface area contributed by atoms with Gasteiger partial charge >= 0.3 is 5.69 Å². The molecule has 3 aromatic rings. The standard InChI is InChI=1S/C25H23N5O2/c1-15-11-20-21(12-16(15)2)30(23-22(27-20)24(31)29-25(32)28-23)10-9-26-14-17-7-8-18-5-3-4-6-19(18)13-17/h3-8,11-13,26H,9-10,14H2,1-2H3,(H,29,31,32). The number of nitrogens with zero attached hydrogens (tertiary/aromatic N) is 3. The minimum atomic E-state index is -0.662. The van der Waals surface area contributed by atoms with Crippen molar-refractivity contribution < 1.29 is 0 Å². The van der Waals surface area contributed by atoms with E-state index in [0.717, 1.165) is 16.6 Å². The van der Waals surface area contributed by atoms with Crippen LogP contribution in [0.4, 0.5) is 0 Å². The van der Waals surface area contributed by atoms with Crippen molar-refractivity contribution in [3.05, 3.63) is 92.1 Å². The minimum Gasteiger partial charge on any atom is -0.321 e. The maximum Gasteiger partial charge on any atom is 0.349 e. The summed E-state index contributed by atoms with van der Waals surface area (Å²) in [5.41, 5.74) is 3.96. The molecule has 7 nitrogen and oxygen atoms in total. The second-order valence-corrected chi connectivity index (χ2v) is 8.09. The maximum absolute atomic E-state index is 12.4. The lowest BCUT2D eigenvalue weighted by Gasteiger charge is -2.18. The minimum absolute atomic E-state index is 0.176. The number of hydrogen-bond donors (Lipinski definition) is 2. The molecular weight excluding hydrogens is 402 g/mol. The maximum atomic E-state index is 12.4. The highest BCUT2D eigenvalue weighted by Gasteiger charge is 2.19. The summed E-state index contributed by atoms with van der Waals surface area (Å²) in [6.07, 6.45) is 0. The Bertz CT molecular complexity index is 1550. The second-order valence-electron chi connectivity index (χ2n) is 8.09. The molecule has 2 N–H and O–H groups in total. The molecule has 0 fully saturated rings. The predicted molar refractivity (Wildman–Crippen MR) is 126 cm³/mol. The highest BCUT2D eigenvalue weighted by atomic mass is 16.2. The van der Waals surface area contributed by atoms with E-state index >= 15 is 0 Å². The van der Waals surface area contributed by atoms with Gasteiger partial charge in [-0.15, -0.1) is 0 Å². The average molecular weight is 425 g/mol. The first-order valence-corrected chi connectivity index (χ1v) is 10.6. The first kappa shape index (κ1) is 20.1. The van der Waals surface area contributed by atoms with Crippen molar-refractivity contribution >= 4 is 21.8 Å². The number of hydrogen-bond acceptors (Lipinski definition) is 5. The summed E-state index contributed by atoms with van der Waals surface area (Å²) in [6.45, 7) is 5.94. The molecule has 0 amide bonds. The van der Waals surface area contributed by atoms with Gasteiger partial charge in [-0.1, -0.05) is 36.4 Å². The van der Waals surface area contributed by atoms with Gasteiger partial charge in [-0.05, 0) is 59.5 Å². The highest BCUT2D eigenvalue weighted by molar-refractivity contribution is 5.83. The first-order valence-electron chi connectivity index (χ1n) is 10.6. The molecule has 32 heavy (non-hydrogen) atoms. The van der Waals surface area contributed by atoms with Crippen LogP contribution in [0.2, 0.25) is 0 Å². The zero-order chi connectivity index (χ0) is 22.2. The van der Waals surface area contributed by atoms with Crippen LogP contribution in [0, 0.1) is 13.8 Å². The van der Waals surface area contributed by atoms with Crippen molar-refractivity contribution in [1.82, 2.24) is 24.8 Å². The Balaban J connectivity index is 1.45. The topological polar surface area (TPSA) is 92.7 Å². The van der Waals surface area contributed by atoms with Crippen LogP contribution in [-0.2, 0) is 13.1 Å². The molecule has 0 saturated heterocycles. The molecule has 0 unspecified atom stereocenters. The summed E-state index contributed by atoms with van der Waals surface area (Å²) < 4.78 is 1.91. The smallest absolute Gasteiger partial charge is 0.321 e. The molecule has 0 bridgehead atoms. The third-order valence-electron chi connectivity index (χ3n) is 5.88. The normalized spacial score (nSPS) is 11.6. The fourth-order valence-electron chi connectivity index (χ4n) is 4.05. The molecule has 0 radical (unpaired) electrons. The Morgan fingerprint density at radius 1 is 0.938 bits per heavy atom. The Labute approximate surface area is 184 Å². The fraction of sp³-hybridized carbons (Fsp3) is 0.200. The zero-order valence-corrected chi connectivity index (χ0v) is 18.0. The largest absolute Gasteiger partial charge is 0.349 e. The number of H-pyrrole nitrogens is 1. The van der Waals surface area contributed by atoms with E-state index in [4.69, 9.17) is 0 Å². The molecule has 0 atom stereocenters. The van der Waals surface area contributed by atoms with Crippen LogP contribution < -0.4 is 16.6 Å². The summed E-state index contributed by atoms with van der Waals surface area (Å²) >= 11 is 0. The van der Waals surface area contributed by atoms with Crippen molar-refractivity contribution in [2.45, 2.75) is 26.9 Å². The van der Waals surface area contributed by atoms with Crippen molar-refractivity contribution in [2.75, 3.05) is 6.54 Å². The van der Waals surface area contributed by atoms with Crippen LogP contribution in [0.25, 0.3) is 33.3 Å². The molecule has 5 rings (SSSR count). The van der Waals surface area contributed by atoms with Crippen LogP contribution >= 0.6 is 0 Å². The Morgan fingerprint density at radius 3 is 2.56 bits per heavy atom. The summed E-state index contributed by atoms with van der Waals surface area (Å²) in [5.74, 6) is 0.307. The van der Waals surface area contributed by atoms with Gasteiger partial charge in [0.25, 0.3) is 5.56 Å². The Hall–Kier alpha value is -3.84.